The van der Waals surface area contributed by atoms with Crippen molar-refractivity contribution in [2.24, 2.45) is 11.8 Å². The van der Waals surface area contributed by atoms with Crippen molar-refractivity contribution >= 4 is 5.69 Å². The molecular weight excluding hydrogens is 266 g/mol. The van der Waals surface area contributed by atoms with Crippen LogP contribution < -0.4 is 4.90 Å². The van der Waals surface area contributed by atoms with E-state index in [1.54, 1.807) is 0 Å². The summed E-state index contributed by atoms with van der Waals surface area (Å²) in [7, 11) is 0. The molecule has 1 heteroatoms. The van der Waals surface area contributed by atoms with Gasteiger partial charge in [0.1, 0.15) is 0 Å². The largest absolute Gasteiger partial charge is 0.372 e. The van der Waals surface area contributed by atoms with Crippen LogP contribution in [0.4, 0.5) is 5.69 Å². The number of anilines is 1. The number of hydrogen-bond acceptors (Lipinski definition) is 1. The Morgan fingerprint density at radius 2 is 1.77 bits per heavy atom. The maximum atomic E-state index is 2.59. The smallest absolute Gasteiger partial charge is 0.0369 e. The minimum atomic E-state index is 0.626. The van der Waals surface area contributed by atoms with Gasteiger partial charge in [0.15, 0.2) is 0 Å². The number of hydrogen-bond donors (Lipinski definition) is 0. The molecule has 0 unspecified atom stereocenters. The molecule has 0 saturated carbocycles. The van der Waals surface area contributed by atoms with Gasteiger partial charge in [-0.2, -0.15) is 0 Å². The van der Waals surface area contributed by atoms with E-state index in [9.17, 15) is 0 Å². The van der Waals surface area contributed by atoms with E-state index in [0.29, 0.717) is 5.92 Å². The van der Waals surface area contributed by atoms with Crippen LogP contribution >= 0.6 is 0 Å². The van der Waals surface area contributed by atoms with Crippen molar-refractivity contribution in [2.45, 2.75) is 72.6 Å². The summed E-state index contributed by atoms with van der Waals surface area (Å²) in [4.78, 5) is 2.59. The van der Waals surface area contributed by atoms with Crippen LogP contribution in [0, 0.1) is 18.8 Å². The molecule has 2 rings (SSSR count). The van der Waals surface area contributed by atoms with E-state index in [4.69, 9.17) is 0 Å². The van der Waals surface area contributed by atoms with Gasteiger partial charge in [-0.3, -0.25) is 0 Å². The van der Waals surface area contributed by atoms with Crippen molar-refractivity contribution in [2.75, 3.05) is 18.0 Å². The van der Waals surface area contributed by atoms with E-state index in [2.05, 4.69) is 57.7 Å². The van der Waals surface area contributed by atoms with Crippen LogP contribution in [0.5, 0.6) is 0 Å². The quantitative estimate of drug-likeness (QED) is 0.608. The highest BCUT2D eigenvalue weighted by Crippen LogP contribution is 2.29. The fourth-order valence-corrected chi connectivity index (χ4v) is 3.80. The van der Waals surface area contributed by atoms with E-state index < -0.39 is 0 Å². The highest BCUT2D eigenvalue weighted by molar-refractivity contribution is 5.51. The Morgan fingerprint density at radius 3 is 2.32 bits per heavy atom. The molecule has 1 aliphatic rings. The number of piperidine rings is 1. The molecule has 1 heterocycles. The molecule has 1 aromatic carbocycles. The molecule has 1 nitrogen and oxygen atoms in total. The highest BCUT2D eigenvalue weighted by Gasteiger charge is 2.19. The third-order valence-electron chi connectivity index (χ3n) is 5.25. The minimum absolute atomic E-state index is 0.626. The molecule has 0 bridgehead atoms. The average molecular weight is 302 g/mol. The molecule has 0 spiro atoms. The van der Waals surface area contributed by atoms with Gasteiger partial charge in [0.2, 0.25) is 0 Å². The Bertz CT molecular complexity index is 453. The van der Waals surface area contributed by atoms with Crippen LogP contribution in [0.25, 0.3) is 0 Å². The monoisotopic (exact) mass is 301 g/mol. The second-order valence-electron chi connectivity index (χ2n) is 7.95. The fourth-order valence-electron chi connectivity index (χ4n) is 3.80. The van der Waals surface area contributed by atoms with Crippen LogP contribution in [0.3, 0.4) is 0 Å². The van der Waals surface area contributed by atoms with Crippen LogP contribution in [-0.2, 0) is 0 Å². The molecule has 0 atom stereocenters. The third-order valence-corrected chi connectivity index (χ3v) is 5.25. The zero-order valence-electron chi connectivity index (χ0n) is 15.4. The number of benzene rings is 1. The Morgan fingerprint density at radius 1 is 1.09 bits per heavy atom. The molecule has 0 aromatic heterocycles. The first kappa shape index (κ1) is 17.4. The Hall–Kier alpha value is -0.980. The predicted octanol–water partition coefficient (Wildman–Crippen LogP) is 6.16. The van der Waals surface area contributed by atoms with Crippen LogP contribution in [0.15, 0.2) is 18.2 Å². The maximum absolute atomic E-state index is 2.59. The number of aryl methyl sites for hydroxylation is 1. The molecule has 0 N–H and O–H groups in total. The minimum Gasteiger partial charge on any atom is -0.372 e. The Kier molecular flexibility index (Phi) is 6.35. The molecule has 0 aliphatic carbocycles. The van der Waals surface area contributed by atoms with E-state index in [1.807, 2.05) is 0 Å². The lowest BCUT2D eigenvalue weighted by Gasteiger charge is -2.34. The topological polar surface area (TPSA) is 3.24 Å². The van der Waals surface area contributed by atoms with E-state index in [1.165, 1.54) is 62.0 Å². The van der Waals surface area contributed by atoms with Crippen molar-refractivity contribution in [3.63, 3.8) is 0 Å². The SMILES string of the molecule is Cc1cc(N2CCC(CCCC(C)C)CC2)ccc1C(C)C. The highest BCUT2D eigenvalue weighted by atomic mass is 15.1. The number of nitrogens with zero attached hydrogens (tertiary/aromatic N) is 1. The second-order valence-corrected chi connectivity index (χ2v) is 7.95. The molecule has 0 amide bonds. The van der Waals surface area contributed by atoms with Gasteiger partial charge in [0, 0.05) is 18.8 Å². The normalized spacial score (nSPS) is 16.8. The predicted molar refractivity (Wildman–Crippen MR) is 98.9 cm³/mol. The maximum Gasteiger partial charge on any atom is 0.0369 e. The molecule has 1 aliphatic heterocycles. The molecular formula is C21H35N. The van der Waals surface area contributed by atoms with Crippen LogP contribution in [0.2, 0.25) is 0 Å². The fraction of sp³-hybridized carbons (Fsp3) is 0.714. The summed E-state index contributed by atoms with van der Waals surface area (Å²) in [6.45, 7) is 14.0. The van der Waals surface area contributed by atoms with Crippen LogP contribution in [0.1, 0.15) is 76.8 Å². The number of rotatable bonds is 6. The van der Waals surface area contributed by atoms with Crippen molar-refractivity contribution in [3.8, 4) is 0 Å². The van der Waals surface area contributed by atoms with Crippen molar-refractivity contribution in [1.82, 2.24) is 0 Å². The Balaban J connectivity index is 1.85. The summed E-state index contributed by atoms with van der Waals surface area (Å²) in [6, 6.07) is 7.07. The summed E-state index contributed by atoms with van der Waals surface area (Å²) >= 11 is 0. The van der Waals surface area contributed by atoms with Crippen molar-refractivity contribution in [3.05, 3.63) is 29.3 Å². The van der Waals surface area contributed by atoms with Gasteiger partial charge >= 0.3 is 0 Å². The molecule has 0 radical (unpaired) electrons. The molecule has 22 heavy (non-hydrogen) atoms. The van der Waals surface area contributed by atoms with Gasteiger partial charge < -0.3 is 4.90 Å². The molecule has 1 aromatic rings. The lowest BCUT2D eigenvalue weighted by Crippen LogP contribution is -2.33. The van der Waals surface area contributed by atoms with Crippen LogP contribution in [-0.4, -0.2) is 13.1 Å². The summed E-state index contributed by atoms with van der Waals surface area (Å²) in [5, 5.41) is 0. The van der Waals surface area contributed by atoms with E-state index in [-0.39, 0.29) is 0 Å². The van der Waals surface area contributed by atoms with Gasteiger partial charge in [-0.15, -0.1) is 0 Å². The molecule has 1 saturated heterocycles. The van der Waals surface area contributed by atoms with Gasteiger partial charge in [0.05, 0.1) is 0 Å². The standard InChI is InChI=1S/C21H35N/c1-16(2)7-6-8-19-11-13-22(14-12-19)20-9-10-21(17(3)4)18(5)15-20/h9-10,15-17,19H,6-8,11-14H2,1-5H3. The summed E-state index contributed by atoms with van der Waals surface area (Å²) in [6.07, 6.45) is 7.02. The van der Waals surface area contributed by atoms with E-state index in [0.717, 1.165) is 11.8 Å². The van der Waals surface area contributed by atoms with Gasteiger partial charge in [-0.1, -0.05) is 53.0 Å². The van der Waals surface area contributed by atoms with Gasteiger partial charge in [0.25, 0.3) is 0 Å². The van der Waals surface area contributed by atoms with Crippen molar-refractivity contribution < 1.29 is 0 Å². The first-order chi connectivity index (χ1) is 10.5. The van der Waals surface area contributed by atoms with E-state index >= 15 is 0 Å². The van der Waals surface area contributed by atoms with Crippen molar-refractivity contribution in [1.29, 1.82) is 0 Å². The zero-order valence-corrected chi connectivity index (χ0v) is 15.4. The average Bonchev–Trinajstić information content (AvgIpc) is 2.47. The molecule has 1 fully saturated rings. The summed E-state index contributed by atoms with van der Waals surface area (Å²) in [5.41, 5.74) is 4.38. The third kappa shape index (κ3) is 4.76. The molecule has 124 valence electrons. The summed E-state index contributed by atoms with van der Waals surface area (Å²) in [5.74, 6) is 2.45. The van der Waals surface area contributed by atoms with Gasteiger partial charge in [-0.05, 0) is 60.8 Å². The first-order valence-electron chi connectivity index (χ1n) is 9.33. The lowest BCUT2D eigenvalue weighted by molar-refractivity contribution is 0.358. The zero-order chi connectivity index (χ0) is 16.1. The lowest BCUT2D eigenvalue weighted by atomic mass is 9.89. The Labute approximate surface area is 138 Å². The second kappa shape index (κ2) is 8.04. The summed E-state index contributed by atoms with van der Waals surface area (Å²) < 4.78 is 0. The van der Waals surface area contributed by atoms with Gasteiger partial charge in [-0.25, -0.2) is 0 Å². The first-order valence-corrected chi connectivity index (χ1v) is 9.33.